The highest BCUT2D eigenvalue weighted by Gasteiger charge is 2.68. The molecule has 4 aliphatic heterocycles. The molecule has 7 fully saturated rings. The Hall–Kier alpha value is -0.740. The van der Waals surface area contributed by atoms with Crippen LogP contribution in [-0.4, -0.2) is 123 Å². The van der Waals surface area contributed by atoms with Crippen LogP contribution in [0.3, 0.4) is 0 Å². The van der Waals surface area contributed by atoms with E-state index < -0.39 is 73.8 Å². The Balaban J connectivity index is 0.915. The van der Waals surface area contributed by atoms with Gasteiger partial charge >= 0.3 is 0 Å². The maximum Gasteiger partial charge on any atom is 0.187 e. The Morgan fingerprint density at radius 2 is 1.57 bits per heavy atom. The fourth-order valence-electron chi connectivity index (χ4n) is 12.6. The molecule has 51 heavy (non-hydrogen) atoms. The molecule has 6 N–H and O–H groups in total. The van der Waals surface area contributed by atoms with E-state index in [-0.39, 0.29) is 23.0 Å². The highest BCUT2D eigenvalue weighted by molar-refractivity contribution is 5.26. The van der Waals surface area contributed by atoms with Gasteiger partial charge in [0.2, 0.25) is 0 Å². The molecular weight excluding hydrogens is 660 g/mol. The molecule has 290 valence electrons. The van der Waals surface area contributed by atoms with Gasteiger partial charge in [0.1, 0.15) is 42.7 Å². The van der Waals surface area contributed by atoms with Gasteiger partial charge in [-0.3, -0.25) is 0 Å². The predicted molar refractivity (Wildman–Crippen MR) is 182 cm³/mol. The minimum Gasteiger partial charge on any atom is -0.394 e. The molecule has 12 nitrogen and oxygen atoms in total. The summed E-state index contributed by atoms with van der Waals surface area (Å²) in [6, 6.07) is 0. The molecule has 8 rings (SSSR count). The highest BCUT2D eigenvalue weighted by Crippen LogP contribution is 2.70. The maximum atomic E-state index is 11.1. The highest BCUT2D eigenvalue weighted by atomic mass is 16.7. The SMILES string of the molecule is C[C@H]1CC[C@@]2(OC1)O[C@H]1C[C@H]3[C@@H]4CC=C5C[C@@H](O[C@@H]6O[C@H](CO)[C@@H](O[C@@H]7O[C@@H](C)[C@H](O)[C@@H](O)[C@H]7O)[C@H](O)[C@H]6O)CC[C@]5(C)[C@H]4CC[C@]3(C)[C@H]1[C@@H]2C. The van der Waals surface area contributed by atoms with Crippen molar-refractivity contribution in [3.8, 4) is 0 Å². The molecule has 0 radical (unpaired) electrons. The third-order valence-corrected chi connectivity index (χ3v) is 15.6. The number of ether oxygens (including phenoxy) is 6. The molecule has 1 spiro atoms. The number of fused-ring (bicyclic) bond motifs is 7. The van der Waals surface area contributed by atoms with Gasteiger partial charge in [-0.25, -0.2) is 0 Å². The Labute approximate surface area is 301 Å². The van der Waals surface area contributed by atoms with Gasteiger partial charge in [-0.15, -0.1) is 0 Å². The quantitative estimate of drug-likeness (QED) is 0.229. The van der Waals surface area contributed by atoms with Crippen molar-refractivity contribution in [3.63, 3.8) is 0 Å². The van der Waals surface area contributed by atoms with Crippen LogP contribution < -0.4 is 0 Å². The van der Waals surface area contributed by atoms with Crippen LogP contribution in [-0.2, 0) is 28.4 Å². The lowest BCUT2D eigenvalue weighted by atomic mass is 9.47. The molecule has 3 saturated carbocycles. The first kappa shape index (κ1) is 37.2. The van der Waals surface area contributed by atoms with Crippen molar-refractivity contribution in [2.45, 2.75) is 172 Å². The third kappa shape index (κ3) is 5.84. The summed E-state index contributed by atoms with van der Waals surface area (Å²) in [7, 11) is 0. The summed E-state index contributed by atoms with van der Waals surface area (Å²) < 4.78 is 37.1. The third-order valence-electron chi connectivity index (χ3n) is 15.6. The van der Waals surface area contributed by atoms with Gasteiger partial charge in [0.05, 0.1) is 31.5 Å². The van der Waals surface area contributed by atoms with Crippen LogP contribution in [0.5, 0.6) is 0 Å². The van der Waals surface area contributed by atoms with Gasteiger partial charge in [0, 0.05) is 12.3 Å². The number of rotatable bonds is 5. The monoisotopic (exact) mass is 722 g/mol. The molecule has 0 amide bonds. The van der Waals surface area contributed by atoms with E-state index in [0.717, 1.165) is 45.1 Å². The maximum absolute atomic E-state index is 11.1. The molecule has 0 aromatic carbocycles. The van der Waals surface area contributed by atoms with Crippen LogP contribution in [0.2, 0.25) is 0 Å². The summed E-state index contributed by atoms with van der Waals surface area (Å²) in [5.41, 5.74) is 1.75. The fraction of sp³-hybridized carbons (Fsp3) is 0.949. The Morgan fingerprint density at radius 1 is 0.824 bits per heavy atom. The fourth-order valence-corrected chi connectivity index (χ4v) is 12.6. The molecule has 0 unspecified atom stereocenters. The predicted octanol–water partition coefficient (Wildman–Crippen LogP) is 2.39. The molecular formula is C39H62O12. The van der Waals surface area contributed by atoms with Crippen LogP contribution in [0.15, 0.2) is 11.6 Å². The number of aliphatic hydroxyl groups is 6. The zero-order valence-electron chi connectivity index (χ0n) is 30.9. The lowest BCUT2D eigenvalue weighted by molar-refractivity contribution is -0.360. The molecule has 8 aliphatic rings. The van der Waals surface area contributed by atoms with Crippen LogP contribution in [0.1, 0.15) is 92.4 Å². The topological polar surface area (TPSA) is 177 Å². The van der Waals surface area contributed by atoms with Crippen LogP contribution in [0.25, 0.3) is 0 Å². The first-order valence-corrected chi connectivity index (χ1v) is 19.8. The van der Waals surface area contributed by atoms with Crippen molar-refractivity contribution >= 4 is 0 Å². The lowest BCUT2D eigenvalue weighted by Gasteiger charge is -2.58. The molecule has 4 aliphatic carbocycles. The van der Waals surface area contributed by atoms with E-state index in [9.17, 15) is 30.6 Å². The first-order valence-electron chi connectivity index (χ1n) is 19.8. The van der Waals surface area contributed by atoms with E-state index in [2.05, 4.69) is 33.8 Å². The normalized spacial score (nSPS) is 58.4. The smallest absolute Gasteiger partial charge is 0.187 e. The van der Waals surface area contributed by atoms with Gasteiger partial charge in [0.25, 0.3) is 0 Å². The number of aliphatic hydroxyl groups excluding tert-OH is 6. The molecule has 12 heteroatoms. The van der Waals surface area contributed by atoms with E-state index in [4.69, 9.17) is 28.4 Å². The summed E-state index contributed by atoms with van der Waals surface area (Å²) >= 11 is 0. The summed E-state index contributed by atoms with van der Waals surface area (Å²) in [5, 5.41) is 63.1. The van der Waals surface area contributed by atoms with Crippen LogP contribution in [0.4, 0.5) is 0 Å². The van der Waals surface area contributed by atoms with Crippen LogP contribution >= 0.6 is 0 Å². The van der Waals surface area contributed by atoms with E-state index in [0.29, 0.717) is 35.5 Å². The van der Waals surface area contributed by atoms with Gasteiger partial charge in [-0.05, 0) is 98.7 Å². The zero-order valence-corrected chi connectivity index (χ0v) is 30.9. The molecule has 21 atom stereocenters. The van der Waals surface area contributed by atoms with E-state index in [1.165, 1.54) is 31.8 Å². The standard InChI is InChI=1S/C39H62O12/c1-18-8-13-39(46-17-18)19(2)28-26(51-39)15-25-23-7-6-21-14-22(9-11-37(21,4)24(23)10-12-38(25,28)5)48-36-33(45)31(43)34(27(16-40)49-36)50-35-32(44)30(42)29(41)20(3)47-35/h6,18-20,22-36,40-45H,7-17H2,1-5H3/t18-,19-,20-,22-,23+,24-,25-,26-,27+,28-,29-,30+,31+,32+,33+,34+,35-,36+,37-,38-,39+/m0/s1. The van der Waals surface area contributed by atoms with Crippen molar-refractivity contribution in [1.29, 1.82) is 0 Å². The molecule has 4 heterocycles. The molecule has 4 saturated heterocycles. The Kier molecular flexibility index (Phi) is 9.83. The second-order valence-corrected chi connectivity index (χ2v) is 18.3. The van der Waals surface area contributed by atoms with E-state index in [1.807, 2.05) is 0 Å². The minimum absolute atomic E-state index is 0.0757. The van der Waals surface area contributed by atoms with Gasteiger partial charge in [-0.2, -0.15) is 0 Å². The first-order chi connectivity index (χ1) is 24.2. The molecule has 0 aromatic heterocycles. The van der Waals surface area contributed by atoms with Crippen molar-refractivity contribution in [2.24, 2.45) is 46.3 Å². The van der Waals surface area contributed by atoms with Gasteiger partial charge in [-0.1, -0.05) is 39.3 Å². The summed E-state index contributed by atoms with van der Waals surface area (Å²) in [5.74, 6) is 2.99. The summed E-state index contributed by atoms with van der Waals surface area (Å²) in [4.78, 5) is 0. The van der Waals surface area contributed by atoms with Crippen molar-refractivity contribution in [3.05, 3.63) is 11.6 Å². The number of hydrogen-bond donors (Lipinski definition) is 6. The Morgan fingerprint density at radius 3 is 2.29 bits per heavy atom. The van der Waals surface area contributed by atoms with Crippen molar-refractivity contribution < 1.29 is 59.1 Å². The minimum atomic E-state index is -1.61. The Bertz CT molecular complexity index is 1300. The summed E-state index contributed by atoms with van der Waals surface area (Å²) in [6.07, 6.45) is -1.53. The summed E-state index contributed by atoms with van der Waals surface area (Å²) in [6.45, 7) is 11.5. The molecule has 0 bridgehead atoms. The van der Waals surface area contributed by atoms with E-state index in [1.54, 1.807) is 0 Å². The van der Waals surface area contributed by atoms with Crippen LogP contribution in [0, 0.1) is 46.3 Å². The van der Waals surface area contributed by atoms with Gasteiger partial charge < -0.3 is 59.1 Å². The van der Waals surface area contributed by atoms with Crippen molar-refractivity contribution in [2.75, 3.05) is 13.2 Å². The zero-order chi connectivity index (χ0) is 36.2. The number of allylic oxidation sites excluding steroid dienone is 1. The average Bonchev–Trinajstić information content (AvgIpc) is 3.56. The average molecular weight is 723 g/mol. The number of hydrogen-bond acceptors (Lipinski definition) is 12. The largest absolute Gasteiger partial charge is 0.394 e. The second-order valence-electron chi connectivity index (χ2n) is 18.3. The second kappa shape index (κ2) is 13.5. The van der Waals surface area contributed by atoms with Gasteiger partial charge in [0.15, 0.2) is 18.4 Å². The van der Waals surface area contributed by atoms with Crippen molar-refractivity contribution in [1.82, 2.24) is 0 Å². The lowest BCUT2D eigenvalue weighted by Crippen LogP contribution is -2.64. The molecule has 0 aromatic rings. The van der Waals surface area contributed by atoms with E-state index >= 15 is 0 Å².